The number of H-pyrrole nitrogens is 1. The fraction of sp³-hybridized carbons (Fsp3) is 0.529. The van der Waals surface area contributed by atoms with Crippen molar-refractivity contribution in [1.29, 1.82) is 0 Å². The van der Waals surface area contributed by atoms with Crippen LogP contribution in [0.25, 0.3) is 10.9 Å². The van der Waals surface area contributed by atoms with Crippen molar-refractivity contribution in [3.63, 3.8) is 0 Å². The molecule has 20 heavy (non-hydrogen) atoms. The highest BCUT2D eigenvalue weighted by atomic mass is 16.3. The maximum Gasteiger partial charge on any atom is 0.0937 e. The number of aromatic amines is 1. The molecule has 108 valence electrons. The standard InChI is InChI=1S/C17H24N2O/c1-12-5-7-19(8-6-12)11-17(20)15-10-18-16-4-3-13(2)9-14(15)16/h3-4,9-10,12,17-18,20H,5-8,11H2,1-2H3/t17-/m1/s1. The van der Waals surface area contributed by atoms with Crippen molar-refractivity contribution in [2.75, 3.05) is 19.6 Å². The summed E-state index contributed by atoms with van der Waals surface area (Å²) in [6.07, 6.45) is 4.06. The molecule has 3 rings (SSSR count). The van der Waals surface area contributed by atoms with E-state index in [4.69, 9.17) is 0 Å². The first kappa shape index (κ1) is 13.7. The lowest BCUT2D eigenvalue weighted by Crippen LogP contribution is -2.35. The van der Waals surface area contributed by atoms with Gasteiger partial charge in [-0.1, -0.05) is 18.6 Å². The molecule has 0 amide bonds. The number of hydrogen-bond donors (Lipinski definition) is 2. The van der Waals surface area contributed by atoms with Crippen molar-refractivity contribution in [2.24, 2.45) is 5.92 Å². The van der Waals surface area contributed by atoms with Crippen molar-refractivity contribution in [2.45, 2.75) is 32.8 Å². The van der Waals surface area contributed by atoms with E-state index in [0.29, 0.717) is 0 Å². The van der Waals surface area contributed by atoms with Crippen molar-refractivity contribution in [3.05, 3.63) is 35.5 Å². The maximum atomic E-state index is 10.6. The molecule has 0 saturated carbocycles. The van der Waals surface area contributed by atoms with E-state index < -0.39 is 6.10 Å². The first-order valence-corrected chi connectivity index (χ1v) is 7.61. The molecule has 3 heteroatoms. The molecule has 0 bridgehead atoms. The van der Waals surface area contributed by atoms with Crippen LogP contribution in [0.2, 0.25) is 0 Å². The van der Waals surface area contributed by atoms with E-state index >= 15 is 0 Å². The van der Waals surface area contributed by atoms with Gasteiger partial charge >= 0.3 is 0 Å². The number of likely N-dealkylation sites (tertiary alicyclic amines) is 1. The van der Waals surface area contributed by atoms with E-state index in [1.807, 2.05) is 6.20 Å². The van der Waals surface area contributed by atoms with Gasteiger partial charge in [0, 0.05) is 29.2 Å². The summed E-state index contributed by atoms with van der Waals surface area (Å²) in [7, 11) is 0. The minimum absolute atomic E-state index is 0.404. The minimum atomic E-state index is -0.404. The summed E-state index contributed by atoms with van der Waals surface area (Å²) < 4.78 is 0. The van der Waals surface area contributed by atoms with Crippen LogP contribution in [0.4, 0.5) is 0 Å². The predicted octanol–water partition coefficient (Wildman–Crippen LogP) is 3.24. The van der Waals surface area contributed by atoms with Crippen LogP contribution >= 0.6 is 0 Å². The van der Waals surface area contributed by atoms with Gasteiger partial charge in [-0.3, -0.25) is 0 Å². The number of hydrogen-bond acceptors (Lipinski definition) is 2. The van der Waals surface area contributed by atoms with E-state index in [9.17, 15) is 5.11 Å². The molecule has 0 aliphatic carbocycles. The average Bonchev–Trinajstić information content (AvgIpc) is 2.84. The number of piperidine rings is 1. The van der Waals surface area contributed by atoms with Crippen LogP contribution in [0.15, 0.2) is 24.4 Å². The molecule has 2 N–H and O–H groups in total. The van der Waals surface area contributed by atoms with Gasteiger partial charge in [0.15, 0.2) is 0 Å². The lowest BCUT2D eigenvalue weighted by molar-refractivity contribution is 0.0925. The van der Waals surface area contributed by atoms with E-state index in [1.165, 1.54) is 18.4 Å². The Morgan fingerprint density at radius 1 is 1.35 bits per heavy atom. The number of aromatic nitrogens is 1. The van der Waals surface area contributed by atoms with Crippen molar-refractivity contribution in [1.82, 2.24) is 9.88 Å². The van der Waals surface area contributed by atoms with Crippen LogP contribution < -0.4 is 0 Å². The summed E-state index contributed by atoms with van der Waals surface area (Å²) in [6, 6.07) is 6.34. The summed E-state index contributed by atoms with van der Waals surface area (Å²) in [6.45, 7) is 7.37. The lowest BCUT2D eigenvalue weighted by Gasteiger charge is -2.31. The Morgan fingerprint density at radius 3 is 2.85 bits per heavy atom. The minimum Gasteiger partial charge on any atom is -0.387 e. The Balaban J connectivity index is 1.75. The maximum absolute atomic E-state index is 10.6. The van der Waals surface area contributed by atoms with Gasteiger partial charge in [0.1, 0.15) is 0 Å². The fourth-order valence-electron chi connectivity index (χ4n) is 3.12. The zero-order valence-electron chi connectivity index (χ0n) is 12.4. The lowest BCUT2D eigenvalue weighted by atomic mass is 9.98. The third kappa shape index (κ3) is 2.74. The third-order valence-corrected chi connectivity index (χ3v) is 4.54. The largest absolute Gasteiger partial charge is 0.387 e. The summed E-state index contributed by atoms with van der Waals surface area (Å²) in [5, 5.41) is 11.7. The summed E-state index contributed by atoms with van der Waals surface area (Å²) in [4.78, 5) is 5.65. The molecular formula is C17H24N2O. The quantitative estimate of drug-likeness (QED) is 0.900. The number of aryl methyl sites for hydroxylation is 1. The van der Waals surface area contributed by atoms with Crippen LogP contribution in [0.3, 0.4) is 0 Å². The first-order chi connectivity index (χ1) is 9.63. The zero-order valence-corrected chi connectivity index (χ0v) is 12.4. The topological polar surface area (TPSA) is 39.3 Å². The fourth-order valence-corrected chi connectivity index (χ4v) is 3.12. The molecule has 1 saturated heterocycles. The second-order valence-corrected chi connectivity index (χ2v) is 6.29. The Bertz CT molecular complexity index is 582. The van der Waals surface area contributed by atoms with Gasteiger partial charge in [0.05, 0.1) is 6.10 Å². The highest BCUT2D eigenvalue weighted by molar-refractivity contribution is 5.84. The number of fused-ring (bicyclic) bond motifs is 1. The van der Waals surface area contributed by atoms with E-state index in [0.717, 1.165) is 42.0 Å². The second kappa shape index (κ2) is 5.58. The number of nitrogens with one attached hydrogen (secondary N) is 1. The highest BCUT2D eigenvalue weighted by Gasteiger charge is 2.20. The van der Waals surface area contributed by atoms with Crippen molar-refractivity contribution >= 4 is 10.9 Å². The molecule has 0 spiro atoms. The van der Waals surface area contributed by atoms with Crippen LogP contribution in [0.1, 0.15) is 37.0 Å². The predicted molar refractivity (Wildman–Crippen MR) is 82.8 cm³/mol. The smallest absolute Gasteiger partial charge is 0.0937 e. The summed E-state index contributed by atoms with van der Waals surface area (Å²) in [5.41, 5.74) is 3.37. The van der Waals surface area contributed by atoms with Gasteiger partial charge in [-0.25, -0.2) is 0 Å². The van der Waals surface area contributed by atoms with E-state index in [2.05, 4.69) is 41.9 Å². The molecule has 3 nitrogen and oxygen atoms in total. The second-order valence-electron chi connectivity index (χ2n) is 6.29. The van der Waals surface area contributed by atoms with Crippen LogP contribution in [0.5, 0.6) is 0 Å². The molecule has 0 radical (unpaired) electrons. The molecular weight excluding hydrogens is 248 g/mol. The molecule has 1 aliphatic heterocycles. The van der Waals surface area contributed by atoms with Crippen molar-refractivity contribution in [3.8, 4) is 0 Å². The Hall–Kier alpha value is -1.32. The molecule has 1 aromatic heterocycles. The molecule has 1 fully saturated rings. The van der Waals surface area contributed by atoms with Gasteiger partial charge in [-0.15, -0.1) is 0 Å². The SMILES string of the molecule is Cc1ccc2[nH]cc([C@H](O)CN3CCC(C)CC3)c2c1. The first-order valence-electron chi connectivity index (χ1n) is 7.61. The zero-order chi connectivity index (χ0) is 14.1. The molecule has 2 heterocycles. The Labute approximate surface area is 120 Å². The molecule has 2 aromatic rings. The normalized spacial score (nSPS) is 19.6. The molecule has 1 aliphatic rings. The van der Waals surface area contributed by atoms with Crippen LogP contribution in [0, 0.1) is 12.8 Å². The molecule has 1 aromatic carbocycles. The van der Waals surface area contributed by atoms with E-state index in [1.54, 1.807) is 0 Å². The Kier molecular flexibility index (Phi) is 3.81. The van der Waals surface area contributed by atoms with Crippen LogP contribution in [-0.4, -0.2) is 34.6 Å². The molecule has 1 atom stereocenters. The van der Waals surface area contributed by atoms with Gasteiger partial charge in [-0.05, 0) is 50.9 Å². The summed E-state index contributed by atoms with van der Waals surface area (Å²) in [5.74, 6) is 0.833. The average molecular weight is 272 g/mol. The number of aliphatic hydroxyl groups excluding tert-OH is 1. The van der Waals surface area contributed by atoms with Gasteiger partial charge in [0.2, 0.25) is 0 Å². The Morgan fingerprint density at radius 2 is 2.10 bits per heavy atom. The third-order valence-electron chi connectivity index (χ3n) is 4.54. The summed E-state index contributed by atoms with van der Waals surface area (Å²) >= 11 is 0. The molecule has 0 unspecified atom stereocenters. The number of benzene rings is 1. The number of nitrogens with zero attached hydrogens (tertiary/aromatic N) is 1. The number of β-amino-alcohol motifs (C(OH)–C–C–N with tert-alkyl or cyclic N) is 1. The van der Waals surface area contributed by atoms with Gasteiger partial charge in [-0.2, -0.15) is 0 Å². The monoisotopic (exact) mass is 272 g/mol. The number of aliphatic hydroxyl groups is 1. The number of rotatable bonds is 3. The van der Waals surface area contributed by atoms with Gasteiger partial charge < -0.3 is 15.0 Å². The highest BCUT2D eigenvalue weighted by Crippen LogP contribution is 2.27. The van der Waals surface area contributed by atoms with Crippen molar-refractivity contribution < 1.29 is 5.11 Å². The van der Waals surface area contributed by atoms with Crippen LogP contribution in [-0.2, 0) is 0 Å². The van der Waals surface area contributed by atoms with E-state index in [-0.39, 0.29) is 0 Å². The van der Waals surface area contributed by atoms with Gasteiger partial charge in [0.25, 0.3) is 0 Å².